The van der Waals surface area contributed by atoms with Gasteiger partial charge in [0.15, 0.2) is 5.16 Å². The van der Waals surface area contributed by atoms with Crippen LogP contribution in [0.1, 0.15) is 19.1 Å². The van der Waals surface area contributed by atoms with Crippen LogP contribution in [0.4, 0.5) is 0 Å². The molecule has 1 aromatic carbocycles. The molecule has 0 aliphatic heterocycles. The van der Waals surface area contributed by atoms with E-state index in [0.29, 0.717) is 17.5 Å². The molecule has 2 aromatic heterocycles. The molecule has 3 aromatic rings. The minimum atomic E-state index is -0.174. The lowest BCUT2D eigenvalue weighted by molar-refractivity contribution is 0.397. The van der Waals surface area contributed by atoms with E-state index in [1.807, 2.05) is 43.3 Å². The number of hydrogen-bond acceptors (Lipinski definition) is 5. The number of rotatable bonds is 6. The van der Waals surface area contributed by atoms with Crippen LogP contribution in [0.25, 0.3) is 11.3 Å². The highest BCUT2D eigenvalue weighted by Crippen LogP contribution is 2.24. The molecule has 22 heavy (non-hydrogen) atoms. The Kier molecular flexibility index (Phi) is 4.43. The van der Waals surface area contributed by atoms with Crippen LogP contribution in [0.5, 0.6) is 0 Å². The van der Waals surface area contributed by atoms with Gasteiger partial charge in [0.25, 0.3) is 0 Å². The van der Waals surface area contributed by atoms with Gasteiger partial charge in [-0.25, -0.2) is 9.89 Å². The van der Waals surface area contributed by atoms with Gasteiger partial charge in [-0.3, -0.25) is 4.57 Å². The molecule has 0 amide bonds. The zero-order chi connectivity index (χ0) is 15.4. The van der Waals surface area contributed by atoms with Gasteiger partial charge in [-0.1, -0.05) is 54.2 Å². The Morgan fingerprint density at radius 3 is 2.91 bits per heavy atom. The van der Waals surface area contributed by atoms with Gasteiger partial charge in [-0.2, -0.15) is 0 Å². The molecule has 6 nitrogen and oxygen atoms in total. The van der Waals surface area contributed by atoms with Crippen LogP contribution < -0.4 is 5.69 Å². The first-order valence-electron chi connectivity index (χ1n) is 7.07. The molecular weight excluding hydrogens is 300 g/mol. The van der Waals surface area contributed by atoms with Gasteiger partial charge in [-0.15, -0.1) is 5.10 Å². The molecule has 0 saturated carbocycles. The van der Waals surface area contributed by atoms with Crippen LogP contribution >= 0.6 is 11.8 Å². The minimum Gasteiger partial charge on any atom is -0.360 e. The summed E-state index contributed by atoms with van der Waals surface area (Å²) in [6, 6.07) is 11.8. The van der Waals surface area contributed by atoms with Crippen LogP contribution in [0.2, 0.25) is 0 Å². The van der Waals surface area contributed by atoms with Crippen molar-refractivity contribution in [3.05, 3.63) is 52.6 Å². The summed E-state index contributed by atoms with van der Waals surface area (Å²) in [5.74, 6) is 1.33. The van der Waals surface area contributed by atoms with E-state index in [-0.39, 0.29) is 5.69 Å². The zero-order valence-corrected chi connectivity index (χ0v) is 13.0. The summed E-state index contributed by atoms with van der Waals surface area (Å²) in [4.78, 5) is 11.6. The van der Waals surface area contributed by atoms with Crippen molar-refractivity contribution < 1.29 is 4.52 Å². The zero-order valence-electron chi connectivity index (χ0n) is 12.2. The van der Waals surface area contributed by atoms with Crippen LogP contribution in [0, 0.1) is 0 Å². The van der Waals surface area contributed by atoms with Gasteiger partial charge in [0.2, 0.25) is 0 Å². The van der Waals surface area contributed by atoms with Crippen molar-refractivity contribution in [2.45, 2.75) is 30.8 Å². The maximum Gasteiger partial charge on any atom is 0.343 e. The van der Waals surface area contributed by atoms with E-state index in [0.717, 1.165) is 23.4 Å². The summed E-state index contributed by atoms with van der Waals surface area (Å²) in [5.41, 5.74) is 1.65. The van der Waals surface area contributed by atoms with Crippen molar-refractivity contribution in [1.82, 2.24) is 19.9 Å². The Labute approximate surface area is 131 Å². The van der Waals surface area contributed by atoms with Gasteiger partial charge in [0, 0.05) is 18.2 Å². The average molecular weight is 316 g/mol. The predicted octanol–water partition coefficient (Wildman–Crippen LogP) is 2.93. The Balaban J connectivity index is 1.70. The number of H-pyrrole nitrogens is 1. The van der Waals surface area contributed by atoms with Crippen molar-refractivity contribution in [1.29, 1.82) is 0 Å². The summed E-state index contributed by atoms with van der Waals surface area (Å²) in [7, 11) is 0. The third-order valence-electron chi connectivity index (χ3n) is 3.14. The molecule has 1 N–H and O–H groups in total. The van der Waals surface area contributed by atoms with E-state index in [1.54, 1.807) is 4.57 Å². The SMILES string of the molecule is CCCn1c(SCc2cc(-c3ccccc3)no2)n[nH]c1=O. The lowest BCUT2D eigenvalue weighted by Gasteiger charge is -2.01. The number of nitrogens with zero attached hydrogens (tertiary/aromatic N) is 3. The summed E-state index contributed by atoms with van der Waals surface area (Å²) in [5, 5.41) is 11.3. The number of aromatic nitrogens is 4. The standard InChI is InChI=1S/C15H16N4O2S/c1-2-8-19-14(20)16-17-15(19)22-10-12-9-13(18-21-12)11-6-4-3-5-7-11/h3-7,9H,2,8,10H2,1H3,(H,16,20). The fraction of sp³-hybridized carbons (Fsp3) is 0.267. The van der Waals surface area contributed by atoms with Crippen molar-refractivity contribution in [3.8, 4) is 11.3 Å². The second-order valence-corrected chi connectivity index (χ2v) is 5.74. The molecule has 7 heteroatoms. The van der Waals surface area contributed by atoms with E-state index >= 15 is 0 Å². The summed E-state index contributed by atoms with van der Waals surface area (Å²) in [6.45, 7) is 2.68. The normalized spacial score (nSPS) is 11.0. The Hall–Kier alpha value is -2.28. The quantitative estimate of drug-likeness (QED) is 0.708. The highest BCUT2D eigenvalue weighted by Gasteiger charge is 2.11. The molecule has 0 unspecified atom stereocenters. The number of thioether (sulfide) groups is 1. The Bertz CT molecular complexity index is 791. The third-order valence-corrected chi connectivity index (χ3v) is 4.14. The maximum atomic E-state index is 11.6. The molecule has 2 heterocycles. The molecule has 3 rings (SSSR count). The van der Waals surface area contributed by atoms with Crippen molar-refractivity contribution in [2.75, 3.05) is 0 Å². The molecular formula is C15H16N4O2S. The first kappa shape index (κ1) is 14.6. The van der Waals surface area contributed by atoms with Crippen molar-refractivity contribution >= 4 is 11.8 Å². The summed E-state index contributed by atoms with van der Waals surface area (Å²) in [6.07, 6.45) is 0.882. The number of aromatic amines is 1. The molecule has 0 aliphatic carbocycles. The van der Waals surface area contributed by atoms with Gasteiger partial charge in [-0.05, 0) is 6.42 Å². The Morgan fingerprint density at radius 1 is 1.32 bits per heavy atom. The number of nitrogens with one attached hydrogen (secondary N) is 1. The second-order valence-electron chi connectivity index (χ2n) is 4.80. The molecule has 0 bridgehead atoms. The van der Waals surface area contributed by atoms with Crippen LogP contribution in [0.15, 0.2) is 50.9 Å². The van der Waals surface area contributed by atoms with Crippen LogP contribution in [-0.4, -0.2) is 19.9 Å². The largest absolute Gasteiger partial charge is 0.360 e. The molecule has 0 atom stereocenters. The van der Waals surface area contributed by atoms with Gasteiger partial charge in [0.1, 0.15) is 11.5 Å². The maximum absolute atomic E-state index is 11.6. The second kappa shape index (κ2) is 6.65. The average Bonchev–Trinajstić information content (AvgIpc) is 3.15. The van der Waals surface area contributed by atoms with E-state index in [2.05, 4.69) is 15.4 Å². The smallest absolute Gasteiger partial charge is 0.343 e. The first-order valence-corrected chi connectivity index (χ1v) is 8.05. The van der Waals surface area contributed by atoms with Gasteiger partial charge < -0.3 is 4.52 Å². The first-order chi connectivity index (χ1) is 10.8. The molecule has 0 radical (unpaired) electrons. The van der Waals surface area contributed by atoms with Crippen LogP contribution in [-0.2, 0) is 12.3 Å². The van der Waals surface area contributed by atoms with E-state index in [4.69, 9.17) is 4.52 Å². The minimum absolute atomic E-state index is 0.174. The molecule has 0 saturated heterocycles. The fourth-order valence-corrected chi connectivity index (χ4v) is 2.94. The summed E-state index contributed by atoms with van der Waals surface area (Å²) >= 11 is 1.46. The van der Waals surface area contributed by atoms with Crippen molar-refractivity contribution in [2.24, 2.45) is 0 Å². The highest BCUT2D eigenvalue weighted by atomic mass is 32.2. The molecule has 0 aliphatic rings. The third kappa shape index (κ3) is 3.14. The van der Waals surface area contributed by atoms with Gasteiger partial charge >= 0.3 is 5.69 Å². The molecule has 0 fully saturated rings. The van der Waals surface area contributed by atoms with Crippen LogP contribution in [0.3, 0.4) is 0 Å². The highest BCUT2D eigenvalue weighted by molar-refractivity contribution is 7.98. The lowest BCUT2D eigenvalue weighted by atomic mass is 10.1. The lowest BCUT2D eigenvalue weighted by Crippen LogP contribution is -2.17. The fourth-order valence-electron chi connectivity index (χ4n) is 2.10. The molecule has 0 spiro atoms. The van der Waals surface area contributed by atoms with E-state index < -0.39 is 0 Å². The van der Waals surface area contributed by atoms with Gasteiger partial charge in [0.05, 0.1) is 5.75 Å². The summed E-state index contributed by atoms with van der Waals surface area (Å²) < 4.78 is 6.99. The van der Waals surface area contributed by atoms with E-state index in [9.17, 15) is 4.79 Å². The predicted molar refractivity (Wildman–Crippen MR) is 84.6 cm³/mol. The number of benzene rings is 1. The monoisotopic (exact) mass is 316 g/mol. The molecule has 114 valence electrons. The Morgan fingerprint density at radius 2 is 2.14 bits per heavy atom. The topological polar surface area (TPSA) is 76.7 Å². The van der Waals surface area contributed by atoms with Crippen molar-refractivity contribution in [3.63, 3.8) is 0 Å². The van der Waals surface area contributed by atoms with E-state index in [1.165, 1.54) is 11.8 Å². The number of hydrogen-bond donors (Lipinski definition) is 1.